The minimum Gasteiger partial charge on any atom is -0.496 e. The maximum Gasteiger partial charge on any atom is 0.160 e. The van der Waals surface area contributed by atoms with E-state index in [4.69, 9.17) is 21.4 Å². The van der Waals surface area contributed by atoms with Gasteiger partial charge in [0.25, 0.3) is 0 Å². The fraction of sp³-hybridized carbons (Fsp3) is 0.375. The number of nitrogens with zero attached hydrogens (tertiary/aromatic N) is 3. The Kier molecular flexibility index (Phi) is 3.29. The Hall–Kier alpha value is -1.81. The maximum atomic E-state index is 6.12. The molecule has 1 aromatic carbocycles. The zero-order chi connectivity index (χ0) is 15.2. The van der Waals surface area contributed by atoms with Gasteiger partial charge in [-0.05, 0) is 24.3 Å². The first-order chi connectivity index (χ1) is 9.90. The normalized spacial score (nSPS) is 14.0. The van der Waals surface area contributed by atoms with E-state index in [-0.39, 0.29) is 5.41 Å². The van der Waals surface area contributed by atoms with Crippen LogP contribution in [0.25, 0.3) is 0 Å². The maximum absolute atomic E-state index is 6.12. The molecule has 0 unspecified atom stereocenters. The Morgan fingerprint density at radius 1 is 1.24 bits per heavy atom. The Morgan fingerprint density at radius 2 is 2.00 bits per heavy atom. The zero-order valence-electron chi connectivity index (χ0n) is 12.6. The van der Waals surface area contributed by atoms with Crippen molar-refractivity contribution in [3.8, 4) is 5.75 Å². The summed E-state index contributed by atoms with van der Waals surface area (Å²) in [7, 11) is 1.65. The lowest BCUT2D eigenvalue weighted by atomic mass is 9.92. The predicted molar refractivity (Wildman–Crippen MR) is 84.6 cm³/mol. The molecule has 4 nitrogen and oxygen atoms in total. The lowest BCUT2D eigenvalue weighted by molar-refractivity contribution is 0.413. The van der Waals surface area contributed by atoms with Crippen LogP contribution in [0, 0.1) is 0 Å². The molecule has 0 amide bonds. The first-order valence-electron chi connectivity index (χ1n) is 6.88. The highest BCUT2D eigenvalue weighted by atomic mass is 35.5. The fourth-order valence-electron chi connectivity index (χ4n) is 2.36. The van der Waals surface area contributed by atoms with Crippen molar-refractivity contribution in [1.29, 1.82) is 0 Å². The molecule has 5 heteroatoms. The van der Waals surface area contributed by atoms with Gasteiger partial charge in [-0.1, -0.05) is 32.4 Å². The molecule has 0 saturated heterocycles. The number of hydrogen-bond donors (Lipinski definition) is 0. The molecule has 0 aliphatic carbocycles. The minimum absolute atomic E-state index is 0.0148. The van der Waals surface area contributed by atoms with Crippen LogP contribution in [0.1, 0.15) is 37.7 Å². The summed E-state index contributed by atoms with van der Waals surface area (Å²) in [5, 5.41) is 5.37. The van der Waals surface area contributed by atoms with Crippen LogP contribution in [0.15, 0.2) is 29.3 Å². The van der Waals surface area contributed by atoms with E-state index in [2.05, 4.69) is 31.8 Å². The molecule has 0 spiro atoms. The van der Waals surface area contributed by atoms with E-state index < -0.39 is 0 Å². The molecule has 1 aromatic heterocycles. The van der Waals surface area contributed by atoms with E-state index in [0.29, 0.717) is 11.6 Å². The van der Waals surface area contributed by atoms with Gasteiger partial charge < -0.3 is 4.74 Å². The van der Waals surface area contributed by atoms with Gasteiger partial charge in [-0.3, -0.25) is 4.99 Å². The van der Waals surface area contributed by atoms with Gasteiger partial charge in [0, 0.05) is 10.4 Å². The van der Waals surface area contributed by atoms with Gasteiger partial charge in [0.2, 0.25) is 0 Å². The first-order valence-corrected chi connectivity index (χ1v) is 7.26. The average Bonchev–Trinajstić information content (AvgIpc) is 2.97. The number of rotatable bonds is 2. The van der Waals surface area contributed by atoms with Gasteiger partial charge in [0.15, 0.2) is 5.84 Å². The lowest BCUT2D eigenvalue weighted by Crippen LogP contribution is -2.17. The molecule has 110 valence electrons. The first kappa shape index (κ1) is 14.1. The van der Waals surface area contributed by atoms with Crippen molar-refractivity contribution in [1.82, 2.24) is 9.78 Å². The van der Waals surface area contributed by atoms with Crippen LogP contribution in [0.5, 0.6) is 5.75 Å². The third kappa shape index (κ3) is 2.44. The topological polar surface area (TPSA) is 39.4 Å². The number of aliphatic imine (C=N–C) groups is 1. The second-order valence-electron chi connectivity index (χ2n) is 6.17. The number of benzene rings is 1. The van der Waals surface area contributed by atoms with Crippen LogP contribution >= 0.6 is 11.6 Å². The van der Waals surface area contributed by atoms with Gasteiger partial charge in [-0.2, -0.15) is 5.10 Å². The molecule has 2 aromatic rings. The molecule has 2 heterocycles. The Balaban J connectivity index is 2.09. The minimum atomic E-state index is 0.0148. The summed E-state index contributed by atoms with van der Waals surface area (Å²) in [6, 6.07) is 7.65. The molecule has 0 atom stereocenters. The summed E-state index contributed by atoms with van der Waals surface area (Å²) < 4.78 is 7.32. The summed E-state index contributed by atoms with van der Waals surface area (Å²) in [6.45, 7) is 7.10. The summed E-state index contributed by atoms with van der Waals surface area (Å²) >= 11 is 6.12. The van der Waals surface area contributed by atoms with Crippen LogP contribution < -0.4 is 4.74 Å². The van der Waals surface area contributed by atoms with Gasteiger partial charge >= 0.3 is 0 Å². The fourth-order valence-corrected chi connectivity index (χ4v) is 2.53. The van der Waals surface area contributed by atoms with Crippen molar-refractivity contribution in [3.63, 3.8) is 0 Å². The molecule has 1 aliphatic rings. The van der Waals surface area contributed by atoms with E-state index >= 15 is 0 Å². The molecule has 3 rings (SSSR count). The summed E-state index contributed by atoms with van der Waals surface area (Å²) in [4.78, 5) is 4.59. The molecule has 0 fully saturated rings. The van der Waals surface area contributed by atoms with Crippen LogP contribution in [0.2, 0.25) is 5.02 Å². The monoisotopic (exact) mass is 303 g/mol. The molecule has 0 bridgehead atoms. The highest BCUT2D eigenvalue weighted by Gasteiger charge is 2.26. The quantitative estimate of drug-likeness (QED) is 0.849. The smallest absolute Gasteiger partial charge is 0.160 e. The number of halogens is 1. The van der Waals surface area contributed by atoms with Gasteiger partial charge in [0.1, 0.15) is 5.75 Å². The van der Waals surface area contributed by atoms with E-state index in [1.54, 1.807) is 7.11 Å². The molecule has 0 saturated carbocycles. The standard InChI is InChI=1S/C16H18ClN3O/c1-16(2,3)14-8-11-9-18-15(20(11)19-14)12-7-10(17)5-6-13(12)21-4/h5-8H,9H2,1-4H3. The van der Waals surface area contributed by atoms with Crippen molar-refractivity contribution < 1.29 is 4.74 Å². The third-order valence-corrected chi connectivity index (χ3v) is 3.78. The second kappa shape index (κ2) is 4.88. The van der Waals surface area contributed by atoms with Gasteiger partial charge in [0.05, 0.1) is 30.6 Å². The SMILES string of the molecule is COc1ccc(Cl)cc1C1=NCc2cc(C(C)(C)C)nn21. The average molecular weight is 304 g/mol. The van der Waals surface area contributed by atoms with E-state index in [0.717, 1.165) is 28.5 Å². The Morgan fingerprint density at radius 3 is 2.67 bits per heavy atom. The van der Waals surface area contributed by atoms with Crippen molar-refractivity contribution in [2.24, 2.45) is 4.99 Å². The Labute approximate surface area is 129 Å². The zero-order valence-corrected chi connectivity index (χ0v) is 13.4. The van der Waals surface area contributed by atoms with Crippen LogP contribution in [0.4, 0.5) is 0 Å². The van der Waals surface area contributed by atoms with E-state index in [1.165, 1.54) is 0 Å². The van der Waals surface area contributed by atoms with Crippen molar-refractivity contribution in [3.05, 3.63) is 46.2 Å². The second-order valence-corrected chi connectivity index (χ2v) is 6.60. The number of methoxy groups -OCH3 is 1. The number of hydrogen-bond acceptors (Lipinski definition) is 3. The van der Waals surface area contributed by atoms with E-state index in [9.17, 15) is 0 Å². The van der Waals surface area contributed by atoms with Crippen molar-refractivity contribution in [2.75, 3.05) is 7.11 Å². The summed E-state index contributed by atoms with van der Waals surface area (Å²) in [5.41, 5.74) is 3.04. The number of aromatic nitrogens is 2. The predicted octanol–water partition coefficient (Wildman–Crippen LogP) is 3.65. The molecule has 0 radical (unpaired) electrons. The molecule has 1 aliphatic heterocycles. The van der Waals surface area contributed by atoms with Crippen LogP contribution in [0.3, 0.4) is 0 Å². The van der Waals surface area contributed by atoms with Crippen molar-refractivity contribution in [2.45, 2.75) is 32.7 Å². The van der Waals surface area contributed by atoms with Gasteiger partial charge in [-0.15, -0.1) is 0 Å². The Bertz CT molecular complexity index is 726. The van der Waals surface area contributed by atoms with Gasteiger partial charge in [-0.25, -0.2) is 4.68 Å². The lowest BCUT2D eigenvalue weighted by Gasteiger charge is -2.15. The van der Waals surface area contributed by atoms with Crippen LogP contribution in [-0.2, 0) is 12.0 Å². The largest absolute Gasteiger partial charge is 0.496 e. The number of ether oxygens (including phenoxy) is 1. The van der Waals surface area contributed by atoms with Crippen molar-refractivity contribution >= 4 is 17.4 Å². The van der Waals surface area contributed by atoms with Crippen LogP contribution in [-0.4, -0.2) is 22.7 Å². The molecular formula is C16H18ClN3O. The molecule has 0 N–H and O–H groups in total. The number of fused-ring (bicyclic) bond motifs is 1. The van der Waals surface area contributed by atoms with E-state index in [1.807, 2.05) is 22.9 Å². The molecule has 21 heavy (non-hydrogen) atoms. The highest BCUT2D eigenvalue weighted by molar-refractivity contribution is 6.31. The summed E-state index contributed by atoms with van der Waals surface area (Å²) in [5.74, 6) is 1.54. The molecular weight excluding hydrogens is 286 g/mol. The summed E-state index contributed by atoms with van der Waals surface area (Å²) in [6.07, 6.45) is 0. The highest BCUT2D eigenvalue weighted by Crippen LogP contribution is 2.29. The third-order valence-electron chi connectivity index (χ3n) is 3.55.